The lowest BCUT2D eigenvalue weighted by molar-refractivity contribution is -0.137. The van der Waals surface area contributed by atoms with Gasteiger partial charge in [0.1, 0.15) is 29.5 Å². The maximum absolute atomic E-state index is 14.2. The van der Waals surface area contributed by atoms with Crippen LogP contribution in [0, 0.1) is 11.8 Å². The first-order valence-corrected chi connectivity index (χ1v) is 25.3. The molecule has 7 aromatic rings. The van der Waals surface area contributed by atoms with Crippen LogP contribution in [0.15, 0.2) is 85.2 Å². The zero-order valence-electron chi connectivity index (χ0n) is 42.1. The second kappa shape index (κ2) is 24.0. The van der Waals surface area contributed by atoms with Crippen molar-refractivity contribution < 1.29 is 38.1 Å². The van der Waals surface area contributed by atoms with Gasteiger partial charge in [-0.25, -0.2) is 19.6 Å². The fourth-order valence-corrected chi connectivity index (χ4v) is 12.0. The molecule has 400 valence electrons. The van der Waals surface area contributed by atoms with Crippen LogP contribution < -0.4 is 15.4 Å². The smallest absolute Gasteiger partial charge is 0.407 e. The van der Waals surface area contributed by atoms with Crippen LogP contribution in [0.3, 0.4) is 0 Å². The lowest BCUT2D eigenvalue weighted by atomic mass is 9.90. The van der Waals surface area contributed by atoms with Gasteiger partial charge in [0.05, 0.1) is 66.2 Å². The zero-order chi connectivity index (χ0) is 48.9. The maximum atomic E-state index is 14.2. The van der Waals surface area contributed by atoms with Crippen LogP contribution in [-0.4, -0.2) is 111 Å². The first kappa shape index (κ1) is 56.9. The van der Waals surface area contributed by atoms with Crippen LogP contribution in [0.4, 0.5) is 9.59 Å². The van der Waals surface area contributed by atoms with Gasteiger partial charge in [-0.2, -0.15) is 54.0 Å². The molecule has 3 aromatic carbocycles. The molecule has 22 heteroatoms. The second-order valence-electron chi connectivity index (χ2n) is 19.2. The van der Waals surface area contributed by atoms with Gasteiger partial charge >= 0.3 is 12.2 Å². The molecule has 17 nitrogen and oxygen atoms in total. The number of hydrogen-bond acceptors (Lipinski definition) is 11. The molecule has 75 heavy (non-hydrogen) atoms. The van der Waals surface area contributed by atoms with Gasteiger partial charge in [0.2, 0.25) is 18.0 Å². The molecule has 4 aromatic heterocycles. The van der Waals surface area contributed by atoms with Crippen molar-refractivity contribution in [2.45, 2.75) is 82.8 Å². The minimum atomic E-state index is -0.725. The largest absolute Gasteiger partial charge is 0.464 e. The minimum absolute atomic E-state index is 0. The Morgan fingerprint density at radius 2 is 1.33 bits per heavy atom. The number of aromatic amines is 2. The van der Waals surface area contributed by atoms with E-state index in [1.807, 2.05) is 36.0 Å². The van der Waals surface area contributed by atoms with Gasteiger partial charge in [0.25, 0.3) is 0 Å². The molecular weight excluding hydrogens is 1050 g/mol. The van der Waals surface area contributed by atoms with Crippen molar-refractivity contribution in [2.75, 3.05) is 40.5 Å². The highest BCUT2D eigenvalue weighted by Crippen LogP contribution is 2.48. The summed E-state index contributed by atoms with van der Waals surface area (Å²) >= 11 is 1.71. The van der Waals surface area contributed by atoms with E-state index in [9.17, 15) is 19.2 Å². The van der Waals surface area contributed by atoms with Gasteiger partial charge in [-0.3, -0.25) is 14.2 Å². The average molecular weight is 1120 g/mol. The number of amides is 4. The number of carbonyl (C=O) groups is 4. The van der Waals surface area contributed by atoms with Gasteiger partial charge in [0.15, 0.2) is 0 Å². The number of benzene rings is 3. The Bertz CT molecular complexity index is 3140. The van der Waals surface area contributed by atoms with Crippen LogP contribution in [-0.2, 0) is 23.8 Å². The van der Waals surface area contributed by atoms with E-state index in [-0.39, 0.29) is 89.7 Å². The summed E-state index contributed by atoms with van der Waals surface area (Å²) in [5.74, 6) is 1.65. The Morgan fingerprint density at radius 1 is 0.720 bits per heavy atom. The molecular formula is C53H65N9O8S5. The summed E-state index contributed by atoms with van der Waals surface area (Å²) in [5.41, 5.74) is 6.46. The lowest BCUT2D eigenvalue weighted by Gasteiger charge is -2.34. The summed E-state index contributed by atoms with van der Waals surface area (Å²) in [5, 5.41) is 7.75. The fraction of sp³-hybridized carbons (Fsp3) is 0.396. The number of fused-ring (bicyclic) bond motifs is 6. The zero-order valence-corrected chi connectivity index (χ0v) is 46.9. The predicted octanol–water partition coefficient (Wildman–Crippen LogP) is 9.55. The number of hydrogen-bond donors (Lipinski definition) is 4. The van der Waals surface area contributed by atoms with E-state index in [0.717, 1.165) is 86.4 Å². The van der Waals surface area contributed by atoms with Gasteiger partial charge in [0, 0.05) is 53.1 Å². The van der Waals surface area contributed by atoms with E-state index in [1.54, 1.807) is 11.3 Å². The number of nitrogens with zero attached hydrogens (tertiary/aromatic N) is 5. The molecule has 0 aliphatic carbocycles. The maximum Gasteiger partial charge on any atom is 0.407 e. The Balaban J connectivity index is 0.00000205. The minimum Gasteiger partial charge on any atom is -0.464 e. The number of aromatic nitrogens is 5. The van der Waals surface area contributed by atoms with Crippen LogP contribution in [0.2, 0.25) is 0 Å². The van der Waals surface area contributed by atoms with Crippen LogP contribution in [0.5, 0.6) is 5.75 Å². The number of carbonyl (C=O) groups excluding carboxylic acids is 4. The molecule has 0 bridgehead atoms. The van der Waals surface area contributed by atoms with Crippen molar-refractivity contribution in [3.63, 3.8) is 0 Å². The number of thiophene rings is 1. The number of alkyl carbamates (subject to hydrolysis) is 2. The molecule has 0 saturated carbocycles. The van der Waals surface area contributed by atoms with Crippen LogP contribution in [0.1, 0.15) is 87.2 Å². The Morgan fingerprint density at radius 3 is 1.97 bits per heavy atom. The summed E-state index contributed by atoms with van der Waals surface area (Å²) in [4.78, 5) is 74.2. The molecule has 4 amide bonds. The Hall–Kier alpha value is -5.78. The van der Waals surface area contributed by atoms with E-state index in [2.05, 4.69) is 98.0 Å². The van der Waals surface area contributed by atoms with E-state index < -0.39 is 30.5 Å². The lowest BCUT2D eigenvalue weighted by Crippen LogP contribution is -2.53. The van der Waals surface area contributed by atoms with Crippen molar-refractivity contribution >= 4 is 110 Å². The summed E-state index contributed by atoms with van der Waals surface area (Å²) in [6.45, 7) is 6.03. The van der Waals surface area contributed by atoms with Gasteiger partial charge in [-0.05, 0) is 98.2 Å². The Labute approximate surface area is 467 Å². The quantitative estimate of drug-likeness (QED) is 0.0968. The van der Waals surface area contributed by atoms with E-state index in [0.29, 0.717) is 50.8 Å². The Kier molecular flexibility index (Phi) is 18.3. The third-order valence-electron chi connectivity index (χ3n) is 14.6. The molecule has 3 fully saturated rings. The number of H-pyrrole nitrogens is 2. The van der Waals surface area contributed by atoms with Gasteiger partial charge in [-0.15, -0.1) is 11.3 Å². The van der Waals surface area contributed by atoms with E-state index >= 15 is 0 Å². The van der Waals surface area contributed by atoms with Crippen molar-refractivity contribution in [1.29, 1.82) is 0 Å². The highest BCUT2D eigenvalue weighted by molar-refractivity contribution is 7.59. The average Bonchev–Trinajstić information content (AvgIpc) is 4.26. The van der Waals surface area contributed by atoms with Crippen molar-refractivity contribution in [1.82, 2.24) is 44.9 Å². The monoisotopic (exact) mass is 1120 g/mol. The van der Waals surface area contributed by atoms with Gasteiger partial charge in [-0.1, -0.05) is 44.2 Å². The number of ether oxygens (including phenoxy) is 4. The first-order valence-electron chi connectivity index (χ1n) is 24.5. The standard InChI is InChI=1S/C53H57N9O8S.4H2S/c1-29(2)45(58-52(65)67-3)49(63)60-19-7-10-39(60)47-55-28-37(57-47)32-13-15-35-41-24-34-23-31(14-16-38(34)62(41)51(70-42(35)25-32)44-26-33-9-5-6-12-43(33)71-44)36-27-54-48(56-36)40-11-8-20-61(40)50(64)46(59-53(66)68-4)30-17-21-69-22-18-30;;;;/h5-6,9,12-16,23-30,39-40,45-46,51H,7-8,10-11,17-22H2,1-4H3,(H,54,56)(H,55,57)(H,58,65)(H,59,66);4*1H2/t39-,40-,45-,46-,51?;;;;/m0..../s1. The molecule has 3 saturated heterocycles. The molecule has 1 unspecified atom stereocenters. The SMILES string of the molecule is COC(=O)N[C@H](C(=O)N1CCC[C@H]1c1ncc(-c2ccc3c(c2)OC(c2cc4ccccc4s2)n2c-3cc3cc(-c4cnc([C@@H]5CCCN5C(=O)[C@@H](NC(=O)OC)C5CCOCC5)[nH]4)ccc32)[nH]1)C(C)C.S.S.S.S. The third kappa shape index (κ3) is 11.0. The topological polar surface area (TPSA) is 198 Å². The second-order valence-corrected chi connectivity index (χ2v) is 20.3. The predicted molar refractivity (Wildman–Crippen MR) is 309 cm³/mol. The molecule has 5 atom stereocenters. The van der Waals surface area contributed by atoms with Gasteiger partial charge < -0.3 is 49.3 Å². The summed E-state index contributed by atoms with van der Waals surface area (Å²) < 4.78 is 25.9. The van der Waals surface area contributed by atoms with Crippen molar-refractivity contribution in [2.24, 2.45) is 11.8 Å². The highest BCUT2D eigenvalue weighted by Gasteiger charge is 2.41. The number of imidazole rings is 2. The molecule has 0 spiro atoms. The summed E-state index contributed by atoms with van der Waals surface area (Å²) in [6.07, 6.45) is 6.42. The number of rotatable bonds is 11. The number of methoxy groups -OCH3 is 2. The number of nitrogens with one attached hydrogen (secondary N) is 4. The normalized spacial score (nSPS) is 18.8. The van der Waals surface area contributed by atoms with Crippen molar-refractivity contribution in [3.05, 3.63) is 102 Å². The molecule has 8 heterocycles. The molecule has 0 radical (unpaired) electrons. The highest BCUT2D eigenvalue weighted by atomic mass is 32.1. The van der Waals surface area contributed by atoms with E-state index in [1.165, 1.54) is 18.9 Å². The fourth-order valence-electron chi connectivity index (χ4n) is 11.0. The van der Waals surface area contributed by atoms with Crippen molar-refractivity contribution in [3.8, 4) is 39.5 Å². The molecule has 4 aliphatic heterocycles. The number of likely N-dealkylation sites (tertiary alicyclic amines) is 2. The molecule has 11 rings (SSSR count). The molecule has 4 N–H and O–H groups in total. The summed E-state index contributed by atoms with van der Waals surface area (Å²) in [6, 6.07) is 23.5. The first-order chi connectivity index (χ1) is 34.6. The third-order valence-corrected chi connectivity index (χ3v) is 15.8. The molecule has 4 aliphatic rings. The summed E-state index contributed by atoms with van der Waals surface area (Å²) in [7, 11) is 2.60. The van der Waals surface area contributed by atoms with Crippen LogP contribution in [0.25, 0.3) is 54.8 Å². The van der Waals surface area contributed by atoms with Crippen LogP contribution >= 0.6 is 65.3 Å². The van der Waals surface area contributed by atoms with E-state index in [4.69, 9.17) is 28.9 Å².